The molecule has 37 heavy (non-hydrogen) atoms. The maximum atomic E-state index is 12.3. The highest BCUT2D eigenvalue weighted by Gasteiger charge is 2.77. The van der Waals surface area contributed by atoms with Gasteiger partial charge < -0.3 is 34.6 Å². The van der Waals surface area contributed by atoms with Crippen molar-refractivity contribution in [1.82, 2.24) is 0 Å². The van der Waals surface area contributed by atoms with Gasteiger partial charge in [-0.05, 0) is 38.0 Å². The second-order valence-corrected chi connectivity index (χ2v) is 11.8. The van der Waals surface area contributed by atoms with E-state index in [0.29, 0.717) is 0 Å². The summed E-state index contributed by atoms with van der Waals surface area (Å²) in [6, 6.07) is 0. The number of aliphatic hydroxyl groups is 3. The number of carbonyl (C=O) groups excluding carboxylic acids is 3. The second-order valence-electron chi connectivity index (χ2n) is 11.8. The van der Waals surface area contributed by atoms with Crippen LogP contribution in [0.1, 0.15) is 72.6 Å². The lowest BCUT2D eigenvalue weighted by molar-refractivity contribution is -0.319. The quantitative estimate of drug-likeness (QED) is 0.296. The van der Waals surface area contributed by atoms with Crippen molar-refractivity contribution in [1.29, 1.82) is 0 Å². The number of carbonyl (C=O) groups is 4. The van der Waals surface area contributed by atoms with Crippen molar-refractivity contribution in [2.75, 3.05) is 6.61 Å². The smallest absolute Gasteiger partial charge is 0.307 e. The second kappa shape index (κ2) is 9.20. The fourth-order valence-corrected chi connectivity index (χ4v) is 8.69. The lowest BCUT2D eigenvalue weighted by atomic mass is 9.40. The van der Waals surface area contributed by atoms with E-state index >= 15 is 0 Å². The summed E-state index contributed by atoms with van der Waals surface area (Å²) in [5.74, 6) is -5.24. The molecule has 4 aliphatic carbocycles. The molecule has 0 saturated heterocycles. The minimum Gasteiger partial charge on any atom is -0.481 e. The number of ether oxygens (including phenoxy) is 3. The fourth-order valence-electron chi connectivity index (χ4n) is 8.69. The number of aliphatic hydroxyl groups excluding tert-OH is 1. The van der Waals surface area contributed by atoms with Crippen LogP contribution in [0.3, 0.4) is 0 Å². The lowest BCUT2D eigenvalue weighted by Gasteiger charge is -2.68. The summed E-state index contributed by atoms with van der Waals surface area (Å²) in [6.45, 7) is 4.97. The first-order chi connectivity index (χ1) is 17.1. The molecule has 0 radical (unpaired) electrons. The summed E-state index contributed by atoms with van der Waals surface area (Å²) in [5, 5.41) is 46.0. The van der Waals surface area contributed by atoms with Gasteiger partial charge in [-0.3, -0.25) is 19.2 Å². The van der Waals surface area contributed by atoms with Gasteiger partial charge in [-0.25, -0.2) is 0 Å². The van der Waals surface area contributed by atoms with E-state index in [1.807, 2.05) is 0 Å². The number of rotatable bonds is 5. The van der Waals surface area contributed by atoms with Gasteiger partial charge in [0.15, 0.2) is 0 Å². The van der Waals surface area contributed by atoms with E-state index in [1.165, 1.54) is 20.8 Å². The molecule has 0 amide bonds. The van der Waals surface area contributed by atoms with Gasteiger partial charge in [0.2, 0.25) is 0 Å². The molecule has 11 heteroatoms. The van der Waals surface area contributed by atoms with Gasteiger partial charge in [0.05, 0.1) is 28.6 Å². The zero-order chi connectivity index (χ0) is 27.6. The van der Waals surface area contributed by atoms with Crippen molar-refractivity contribution in [2.24, 2.45) is 28.6 Å². The van der Waals surface area contributed by atoms with E-state index in [2.05, 4.69) is 0 Å². The van der Waals surface area contributed by atoms with Gasteiger partial charge in [-0.15, -0.1) is 0 Å². The van der Waals surface area contributed by atoms with Crippen LogP contribution in [0.15, 0.2) is 0 Å². The Morgan fingerprint density at radius 2 is 1.57 bits per heavy atom. The largest absolute Gasteiger partial charge is 0.481 e. The third-order valence-corrected chi connectivity index (χ3v) is 10.1. The van der Waals surface area contributed by atoms with E-state index in [9.17, 15) is 39.6 Å². The molecule has 0 aromatic rings. The number of hydrogen-bond acceptors (Lipinski definition) is 10. The maximum absolute atomic E-state index is 12.3. The molecule has 4 N–H and O–H groups in total. The molecule has 0 heterocycles. The van der Waals surface area contributed by atoms with Gasteiger partial charge >= 0.3 is 23.9 Å². The summed E-state index contributed by atoms with van der Waals surface area (Å²) >= 11 is 0. The Hall–Kier alpha value is -2.24. The van der Waals surface area contributed by atoms with E-state index in [0.717, 1.165) is 0 Å². The van der Waals surface area contributed by atoms with Crippen LogP contribution in [0, 0.1) is 28.6 Å². The third kappa shape index (κ3) is 4.04. The van der Waals surface area contributed by atoms with Crippen molar-refractivity contribution in [2.45, 2.75) is 102 Å². The summed E-state index contributed by atoms with van der Waals surface area (Å²) in [5.41, 5.74) is -5.85. The predicted molar refractivity (Wildman–Crippen MR) is 125 cm³/mol. The van der Waals surface area contributed by atoms with Crippen molar-refractivity contribution in [3.63, 3.8) is 0 Å². The molecule has 0 bridgehead atoms. The molecule has 4 fully saturated rings. The number of aliphatic carboxylic acids is 1. The number of carboxylic acids is 1. The number of fused-ring (bicyclic) bond motifs is 5. The minimum atomic E-state index is -1.69. The summed E-state index contributed by atoms with van der Waals surface area (Å²) in [6.07, 6.45) is -2.42. The number of carboxylic acid groups (broad SMARTS) is 1. The predicted octanol–water partition coefficient (Wildman–Crippen LogP) is 0.947. The zero-order valence-electron chi connectivity index (χ0n) is 21.8. The van der Waals surface area contributed by atoms with Crippen molar-refractivity contribution >= 4 is 23.9 Å². The van der Waals surface area contributed by atoms with Gasteiger partial charge in [0.25, 0.3) is 0 Å². The Kier molecular flexibility index (Phi) is 6.91. The molecule has 4 aliphatic rings. The molecule has 4 saturated carbocycles. The highest BCUT2D eigenvalue weighted by molar-refractivity contribution is 5.72. The minimum absolute atomic E-state index is 0.000784. The molecule has 0 aliphatic heterocycles. The summed E-state index contributed by atoms with van der Waals surface area (Å²) < 4.78 is 16.6. The van der Waals surface area contributed by atoms with E-state index in [4.69, 9.17) is 14.2 Å². The summed E-state index contributed by atoms with van der Waals surface area (Å²) in [4.78, 5) is 48.1. The molecule has 0 aromatic carbocycles. The lowest BCUT2D eigenvalue weighted by Crippen LogP contribution is -2.76. The molecule has 0 unspecified atom stereocenters. The Labute approximate surface area is 215 Å². The first-order valence-corrected chi connectivity index (χ1v) is 12.9. The van der Waals surface area contributed by atoms with Crippen LogP contribution < -0.4 is 0 Å². The molecule has 11 nitrogen and oxygen atoms in total. The average molecular weight is 527 g/mol. The van der Waals surface area contributed by atoms with Gasteiger partial charge in [0, 0.05) is 44.9 Å². The Bertz CT molecular complexity index is 982. The number of esters is 3. The third-order valence-electron chi connectivity index (χ3n) is 10.1. The van der Waals surface area contributed by atoms with Crippen LogP contribution in [0.25, 0.3) is 0 Å². The van der Waals surface area contributed by atoms with Gasteiger partial charge in [0.1, 0.15) is 18.8 Å². The first kappa shape index (κ1) is 27.8. The van der Waals surface area contributed by atoms with Crippen LogP contribution in [0.5, 0.6) is 0 Å². The van der Waals surface area contributed by atoms with Gasteiger partial charge in [-0.1, -0.05) is 6.92 Å². The van der Waals surface area contributed by atoms with Crippen LogP contribution in [-0.2, 0) is 33.4 Å². The molecular weight excluding hydrogens is 488 g/mol. The van der Waals surface area contributed by atoms with Crippen molar-refractivity contribution in [3.8, 4) is 0 Å². The first-order valence-electron chi connectivity index (χ1n) is 12.9. The molecule has 4 rings (SSSR count). The Morgan fingerprint density at radius 3 is 2.14 bits per heavy atom. The Morgan fingerprint density at radius 1 is 0.919 bits per heavy atom. The standard InChI is InChI=1S/C26H38O11/c1-13(27)35-12-25-20(30)9-16(36-14(2)28)10-24(25,33)7-5-17-21(25)19(37-15(3)29)11-23(4)18(22(31)32)6-8-26(17,23)34/h16-21,30,33-34H,5-12H2,1-4H3,(H,31,32)/t16-,17+,18-,19+,20+,21+,23+,24+,25+,26+/m0/s1. The zero-order valence-corrected chi connectivity index (χ0v) is 21.8. The van der Waals surface area contributed by atoms with E-state index < -0.39 is 88.6 Å². The molecule has 208 valence electrons. The molecule has 10 atom stereocenters. The van der Waals surface area contributed by atoms with E-state index in [1.54, 1.807) is 6.92 Å². The van der Waals surface area contributed by atoms with Gasteiger partial charge in [-0.2, -0.15) is 0 Å². The van der Waals surface area contributed by atoms with Crippen LogP contribution in [0.2, 0.25) is 0 Å². The van der Waals surface area contributed by atoms with Crippen LogP contribution in [0.4, 0.5) is 0 Å². The normalized spacial score (nSPS) is 46.6. The van der Waals surface area contributed by atoms with E-state index in [-0.39, 0.29) is 44.9 Å². The highest BCUT2D eigenvalue weighted by atomic mass is 16.6. The Balaban J connectivity index is 1.88. The number of hydrogen-bond donors (Lipinski definition) is 4. The monoisotopic (exact) mass is 526 g/mol. The highest BCUT2D eigenvalue weighted by Crippen LogP contribution is 2.70. The fraction of sp³-hybridized carbons (Fsp3) is 0.846. The van der Waals surface area contributed by atoms with Crippen molar-refractivity contribution in [3.05, 3.63) is 0 Å². The SMILES string of the molecule is CC(=O)OC[C@@]12[C@@H]3[C@@H](CC[C@@]1(O)C[C@@H](OC(C)=O)C[C@H]2O)[C@]1(O)CC[C@@H](C(=O)O)[C@@]1(C)C[C@H]3OC(C)=O. The molecule has 0 aromatic heterocycles. The maximum Gasteiger partial charge on any atom is 0.307 e. The summed E-state index contributed by atoms with van der Waals surface area (Å²) in [7, 11) is 0. The van der Waals surface area contributed by atoms with Crippen molar-refractivity contribution < 1.29 is 53.8 Å². The molecule has 0 spiro atoms. The van der Waals surface area contributed by atoms with Crippen LogP contribution in [-0.4, -0.2) is 80.4 Å². The molecular formula is C26H38O11. The van der Waals surface area contributed by atoms with Crippen LogP contribution >= 0.6 is 0 Å². The topological polar surface area (TPSA) is 177 Å². The average Bonchev–Trinajstić information content (AvgIpc) is 3.02.